The Labute approximate surface area is 127 Å². The fourth-order valence-electron chi connectivity index (χ4n) is 2.57. The molecule has 1 aromatic carbocycles. The monoisotopic (exact) mass is 293 g/mol. The van der Waals surface area contributed by atoms with Crippen molar-refractivity contribution < 1.29 is 14.2 Å². The molecule has 21 heavy (non-hydrogen) atoms. The summed E-state index contributed by atoms with van der Waals surface area (Å²) in [7, 11) is 1.71. The molecular weight excluding hydrogens is 266 g/mol. The van der Waals surface area contributed by atoms with E-state index in [4.69, 9.17) is 14.2 Å². The largest absolute Gasteiger partial charge is 0.496 e. The third-order valence-corrected chi connectivity index (χ3v) is 3.80. The highest BCUT2D eigenvalue weighted by Gasteiger charge is 2.21. The van der Waals surface area contributed by atoms with E-state index < -0.39 is 0 Å². The first kappa shape index (κ1) is 16.3. The van der Waals surface area contributed by atoms with E-state index in [2.05, 4.69) is 18.3 Å². The summed E-state index contributed by atoms with van der Waals surface area (Å²) >= 11 is 0. The van der Waals surface area contributed by atoms with Crippen LogP contribution in [0.2, 0.25) is 0 Å². The van der Waals surface area contributed by atoms with E-state index in [1.54, 1.807) is 7.11 Å². The summed E-state index contributed by atoms with van der Waals surface area (Å²) in [5.74, 6) is 1.41. The van der Waals surface area contributed by atoms with Gasteiger partial charge in [0.15, 0.2) is 0 Å². The fraction of sp³-hybridized carbons (Fsp3) is 0.647. The zero-order chi connectivity index (χ0) is 14.9. The number of para-hydroxylation sites is 1. The predicted molar refractivity (Wildman–Crippen MR) is 83.8 cm³/mol. The Balaban J connectivity index is 1.99. The van der Waals surface area contributed by atoms with Gasteiger partial charge in [-0.25, -0.2) is 0 Å². The zero-order valence-corrected chi connectivity index (χ0v) is 13.1. The highest BCUT2D eigenvalue weighted by atomic mass is 16.5. The molecule has 0 bridgehead atoms. The summed E-state index contributed by atoms with van der Waals surface area (Å²) in [4.78, 5) is 0. The zero-order valence-electron chi connectivity index (χ0n) is 13.1. The molecule has 2 atom stereocenters. The van der Waals surface area contributed by atoms with E-state index in [1.807, 2.05) is 18.2 Å². The molecule has 0 radical (unpaired) electrons. The van der Waals surface area contributed by atoms with Crippen molar-refractivity contribution in [3.8, 4) is 5.75 Å². The van der Waals surface area contributed by atoms with E-state index in [-0.39, 0.29) is 6.10 Å². The maximum Gasteiger partial charge on any atom is 0.124 e. The van der Waals surface area contributed by atoms with Gasteiger partial charge in [0.2, 0.25) is 0 Å². The van der Waals surface area contributed by atoms with Crippen LogP contribution in [0.15, 0.2) is 24.3 Å². The molecule has 0 aliphatic carbocycles. The number of ether oxygens (including phenoxy) is 3. The van der Waals surface area contributed by atoms with Crippen molar-refractivity contribution >= 4 is 0 Å². The number of rotatable bonds is 9. The summed E-state index contributed by atoms with van der Waals surface area (Å²) in [6, 6.07) is 8.10. The van der Waals surface area contributed by atoms with Gasteiger partial charge in [0, 0.05) is 24.6 Å². The molecule has 0 amide bonds. The summed E-state index contributed by atoms with van der Waals surface area (Å²) in [6.07, 6.45) is 2.24. The lowest BCUT2D eigenvalue weighted by Gasteiger charge is -2.22. The smallest absolute Gasteiger partial charge is 0.124 e. The van der Waals surface area contributed by atoms with Crippen molar-refractivity contribution in [3.05, 3.63) is 29.8 Å². The van der Waals surface area contributed by atoms with E-state index in [9.17, 15) is 0 Å². The van der Waals surface area contributed by atoms with Crippen LogP contribution in [-0.2, 0) is 9.47 Å². The van der Waals surface area contributed by atoms with E-state index in [0.29, 0.717) is 5.92 Å². The van der Waals surface area contributed by atoms with E-state index >= 15 is 0 Å². The maximum absolute atomic E-state index is 6.18. The molecule has 0 spiro atoms. The molecule has 0 aromatic heterocycles. The SMILES string of the molecule is CCCNCC(OCC1CCOC1)c1ccccc1OC. The van der Waals surface area contributed by atoms with Gasteiger partial charge in [-0.1, -0.05) is 25.1 Å². The Kier molecular flexibility index (Phi) is 7.00. The van der Waals surface area contributed by atoms with Crippen molar-refractivity contribution in [2.45, 2.75) is 25.9 Å². The number of methoxy groups -OCH3 is 1. The topological polar surface area (TPSA) is 39.7 Å². The summed E-state index contributed by atoms with van der Waals surface area (Å²) in [6.45, 7) is 6.41. The molecular formula is C17H27NO3. The summed E-state index contributed by atoms with van der Waals surface area (Å²) < 4.78 is 17.1. The average Bonchev–Trinajstić information content (AvgIpc) is 3.04. The molecule has 1 saturated heterocycles. The predicted octanol–water partition coefficient (Wildman–Crippen LogP) is 2.79. The maximum atomic E-state index is 6.18. The van der Waals surface area contributed by atoms with Crippen LogP contribution in [0.25, 0.3) is 0 Å². The molecule has 1 aliphatic heterocycles. The minimum atomic E-state index is 0.0216. The van der Waals surface area contributed by atoms with Crippen molar-refractivity contribution in [2.75, 3.05) is 40.0 Å². The standard InChI is InChI=1S/C17H27NO3/c1-3-9-18-11-17(21-13-14-8-10-20-12-14)15-6-4-5-7-16(15)19-2/h4-7,14,17-18H,3,8-13H2,1-2H3. The van der Waals surface area contributed by atoms with Crippen LogP contribution in [0.3, 0.4) is 0 Å². The normalized spacial score (nSPS) is 19.6. The molecule has 4 heteroatoms. The van der Waals surface area contributed by atoms with Crippen LogP contribution in [0.5, 0.6) is 5.75 Å². The third-order valence-electron chi connectivity index (χ3n) is 3.80. The quantitative estimate of drug-likeness (QED) is 0.711. The van der Waals surface area contributed by atoms with Gasteiger partial charge in [0.25, 0.3) is 0 Å². The fourth-order valence-corrected chi connectivity index (χ4v) is 2.57. The number of nitrogens with one attached hydrogen (secondary N) is 1. The van der Waals surface area contributed by atoms with Crippen molar-refractivity contribution in [3.63, 3.8) is 0 Å². The van der Waals surface area contributed by atoms with E-state index in [0.717, 1.165) is 57.1 Å². The van der Waals surface area contributed by atoms with Gasteiger partial charge in [-0.3, -0.25) is 0 Å². The first-order valence-electron chi connectivity index (χ1n) is 7.88. The van der Waals surface area contributed by atoms with Crippen LogP contribution in [0.1, 0.15) is 31.4 Å². The third kappa shape index (κ3) is 4.99. The van der Waals surface area contributed by atoms with E-state index in [1.165, 1.54) is 0 Å². The Hall–Kier alpha value is -1.10. The van der Waals surface area contributed by atoms with Crippen LogP contribution in [-0.4, -0.2) is 40.0 Å². The first-order valence-corrected chi connectivity index (χ1v) is 7.88. The minimum absolute atomic E-state index is 0.0216. The van der Waals surface area contributed by atoms with Gasteiger partial charge in [-0.15, -0.1) is 0 Å². The number of benzene rings is 1. The molecule has 1 N–H and O–H groups in total. The highest BCUT2D eigenvalue weighted by Crippen LogP contribution is 2.28. The van der Waals surface area contributed by atoms with Crippen LogP contribution in [0.4, 0.5) is 0 Å². The second-order valence-electron chi connectivity index (χ2n) is 5.50. The van der Waals surface area contributed by atoms with Crippen LogP contribution >= 0.6 is 0 Å². The number of hydrogen-bond donors (Lipinski definition) is 1. The molecule has 2 rings (SSSR count). The molecule has 4 nitrogen and oxygen atoms in total. The van der Waals surface area contributed by atoms with Crippen molar-refractivity contribution in [1.29, 1.82) is 0 Å². The summed E-state index contributed by atoms with van der Waals surface area (Å²) in [5, 5.41) is 3.45. The summed E-state index contributed by atoms with van der Waals surface area (Å²) in [5.41, 5.74) is 1.11. The van der Waals surface area contributed by atoms with Gasteiger partial charge >= 0.3 is 0 Å². The molecule has 1 heterocycles. The van der Waals surface area contributed by atoms with Gasteiger partial charge in [-0.2, -0.15) is 0 Å². The second kappa shape index (κ2) is 9.03. The van der Waals surface area contributed by atoms with Gasteiger partial charge in [0.05, 0.1) is 26.4 Å². The molecule has 1 aliphatic rings. The highest BCUT2D eigenvalue weighted by molar-refractivity contribution is 5.35. The first-order chi connectivity index (χ1) is 10.3. The van der Waals surface area contributed by atoms with Crippen molar-refractivity contribution in [1.82, 2.24) is 5.32 Å². The Morgan fingerprint density at radius 2 is 2.24 bits per heavy atom. The van der Waals surface area contributed by atoms with Crippen molar-refractivity contribution in [2.24, 2.45) is 5.92 Å². The van der Waals surface area contributed by atoms with Crippen LogP contribution < -0.4 is 10.1 Å². The van der Waals surface area contributed by atoms with Crippen LogP contribution in [0, 0.1) is 5.92 Å². The Bertz CT molecular complexity index is 405. The lowest BCUT2D eigenvalue weighted by Crippen LogP contribution is -2.26. The Morgan fingerprint density at radius 1 is 1.38 bits per heavy atom. The molecule has 2 unspecified atom stereocenters. The molecule has 0 saturated carbocycles. The molecule has 1 fully saturated rings. The number of hydrogen-bond acceptors (Lipinski definition) is 4. The minimum Gasteiger partial charge on any atom is -0.496 e. The average molecular weight is 293 g/mol. The van der Waals surface area contributed by atoms with Gasteiger partial charge in [-0.05, 0) is 25.5 Å². The second-order valence-corrected chi connectivity index (χ2v) is 5.50. The molecule has 1 aromatic rings. The van der Waals surface area contributed by atoms with Gasteiger partial charge < -0.3 is 19.5 Å². The Morgan fingerprint density at radius 3 is 2.95 bits per heavy atom. The lowest BCUT2D eigenvalue weighted by molar-refractivity contribution is 0.0242. The molecule has 118 valence electrons. The lowest BCUT2D eigenvalue weighted by atomic mass is 10.1. The van der Waals surface area contributed by atoms with Gasteiger partial charge in [0.1, 0.15) is 5.75 Å².